The number of carbonyl (C=O) groups is 1. The first kappa shape index (κ1) is 19.1. The lowest BCUT2D eigenvalue weighted by atomic mass is 10.1. The number of aromatic nitrogens is 2. The van der Waals surface area contributed by atoms with E-state index in [2.05, 4.69) is 10.3 Å². The Labute approximate surface area is 168 Å². The van der Waals surface area contributed by atoms with E-state index in [0.717, 1.165) is 22.8 Å². The van der Waals surface area contributed by atoms with Crippen molar-refractivity contribution in [2.45, 2.75) is 26.9 Å². The number of nitrogens with one attached hydrogen (secondary N) is 1. The molecule has 0 radical (unpaired) electrons. The first-order chi connectivity index (χ1) is 14.0. The first-order valence-corrected chi connectivity index (χ1v) is 9.45. The number of aryl methyl sites for hydroxylation is 1. The maximum absolute atomic E-state index is 13.9. The van der Waals surface area contributed by atoms with Gasteiger partial charge in [0.05, 0.1) is 12.2 Å². The van der Waals surface area contributed by atoms with E-state index in [1.807, 2.05) is 42.7 Å². The van der Waals surface area contributed by atoms with Gasteiger partial charge in [-0.05, 0) is 56.2 Å². The summed E-state index contributed by atoms with van der Waals surface area (Å²) in [6.07, 6.45) is 2.19. The van der Waals surface area contributed by atoms with E-state index >= 15 is 0 Å². The van der Waals surface area contributed by atoms with Crippen molar-refractivity contribution in [1.29, 1.82) is 0 Å². The fourth-order valence-electron chi connectivity index (χ4n) is 3.68. The summed E-state index contributed by atoms with van der Waals surface area (Å²) in [5.41, 5.74) is 3.76. The number of rotatable bonds is 5. The van der Waals surface area contributed by atoms with Gasteiger partial charge in [-0.25, -0.2) is 9.37 Å². The predicted molar refractivity (Wildman–Crippen MR) is 106 cm³/mol. The van der Waals surface area contributed by atoms with Crippen LogP contribution in [-0.4, -0.2) is 28.8 Å². The molecule has 1 aromatic carbocycles. The molecular weight excluding hydrogens is 373 g/mol. The molecule has 1 amide bonds. The maximum atomic E-state index is 13.9. The van der Waals surface area contributed by atoms with E-state index in [0.29, 0.717) is 36.4 Å². The van der Waals surface area contributed by atoms with Crippen LogP contribution < -0.4 is 10.1 Å². The lowest BCUT2D eigenvalue weighted by molar-refractivity contribution is -0.0172. The van der Waals surface area contributed by atoms with E-state index in [9.17, 15) is 9.18 Å². The highest BCUT2D eigenvalue weighted by Gasteiger charge is 2.19. The molecule has 2 aromatic heterocycles. The molecule has 0 atom stereocenters. The molecular formula is C22H22FN3O3. The van der Waals surface area contributed by atoms with Crippen molar-refractivity contribution in [2.24, 2.45) is 0 Å². The van der Waals surface area contributed by atoms with Crippen LogP contribution in [0.25, 0.3) is 5.82 Å². The van der Waals surface area contributed by atoms with E-state index < -0.39 is 0 Å². The van der Waals surface area contributed by atoms with Crippen molar-refractivity contribution in [3.8, 4) is 11.6 Å². The molecule has 0 spiro atoms. The lowest BCUT2D eigenvalue weighted by Gasteiger charge is -2.21. The molecule has 1 aliphatic rings. The second-order valence-corrected chi connectivity index (χ2v) is 6.98. The average Bonchev–Trinajstić information content (AvgIpc) is 3.02. The number of pyridine rings is 1. The molecule has 4 rings (SSSR count). The fourth-order valence-corrected chi connectivity index (χ4v) is 3.68. The summed E-state index contributed by atoms with van der Waals surface area (Å²) in [5.74, 6) is 0.917. The Balaban J connectivity index is 1.47. The molecule has 0 bridgehead atoms. The summed E-state index contributed by atoms with van der Waals surface area (Å²) in [5, 5.41) is 2.92. The quantitative estimate of drug-likeness (QED) is 0.719. The summed E-state index contributed by atoms with van der Waals surface area (Å²) >= 11 is 0. The summed E-state index contributed by atoms with van der Waals surface area (Å²) in [6.45, 7) is 4.68. The van der Waals surface area contributed by atoms with Gasteiger partial charge in [0, 0.05) is 29.7 Å². The number of fused-ring (bicyclic) bond motifs is 1. The van der Waals surface area contributed by atoms with Crippen molar-refractivity contribution in [2.75, 3.05) is 13.3 Å². The third-order valence-electron chi connectivity index (χ3n) is 4.99. The third-order valence-corrected chi connectivity index (χ3v) is 4.99. The van der Waals surface area contributed by atoms with Crippen LogP contribution >= 0.6 is 0 Å². The van der Waals surface area contributed by atoms with E-state index in [1.165, 1.54) is 12.1 Å². The van der Waals surface area contributed by atoms with Gasteiger partial charge in [-0.15, -0.1) is 0 Å². The van der Waals surface area contributed by atoms with Crippen LogP contribution in [0, 0.1) is 19.7 Å². The summed E-state index contributed by atoms with van der Waals surface area (Å²) < 4.78 is 26.5. The van der Waals surface area contributed by atoms with Crippen molar-refractivity contribution in [3.05, 3.63) is 76.5 Å². The van der Waals surface area contributed by atoms with E-state index in [1.54, 1.807) is 6.20 Å². The number of halogens is 1. The van der Waals surface area contributed by atoms with Gasteiger partial charge in [-0.2, -0.15) is 0 Å². The van der Waals surface area contributed by atoms with Gasteiger partial charge in [-0.1, -0.05) is 6.07 Å². The smallest absolute Gasteiger partial charge is 0.253 e. The standard InChI is InChI=1S/C22H22FN3O3/c1-14-9-19(15(2)26(14)20-5-3-4-7-24-20)22(27)25-8-6-16-10-18(23)11-17-12-28-13-29-21(16)17/h3-5,7,9-11H,6,8,12-13H2,1-2H3,(H,25,27). The zero-order valence-electron chi connectivity index (χ0n) is 16.4. The number of ether oxygens (including phenoxy) is 2. The molecule has 0 saturated carbocycles. The van der Waals surface area contributed by atoms with E-state index in [4.69, 9.17) is 9.47 Å². The summed E-state index contributed by atoms with van der Waals surface area (Å²) in [7, 11) is 0. The molecule has 150 valence electrons. The van der Waals surface area contributed by atoms with Crippen LogP contribution in [0.5, 0.6) is 5.75 Å². The molecule has 0 unspecified atom stereocenters. The third kappa shape index (κ3) is 3.86. The Hall–Kier alpha value is -3.19. The Morgan fingerprint density at radius 1 is 1.28 bits per heavy atom. The van der Waals surface area contributed by atoms with Crippen LogP contribution in [0.1, 0.15) is 32.9 Å². The molecule has 29 heavy (non-hydrogen) atoms. The highest BCUT2D eigenvalue weighted by Crippen LogP contribution is 2.29. The Morgan fingerprint density at radius 3 is 2.93 bits per heavy atom. The maximum Gasteiger partial charge on any atom is 0.253 e. The minimum absolute atomic E-state index is 0.150. The molecule has 7 heteroatoms. The molecule has 3 heterocycles. The number of hydrogen-bond acceptors (Lipinski definition) is 4. The molecule has 0 aliphatic carbocycles. The summed E-state index contributed by atoms with van der Waals surface area (Å²) in [4.78, 5) is 17.1. The minimum Gasteiger partial charge on any atom is -0.467 e. The Bertz CT molecular complexity index is 1050. The average molecular weight is 395 g/mol. The Kier molecular flexibility index (Phi) is 5.31. The van der Waals surface area contributed by atoms with Gasteiger partial charge < -0.3 is 19.4 Å². The molecule has 3 aromatic rings. The van der Waals surface area contributed by atoms with E-state index in [-0.39, 0.29) is 18.5 Å². The number of hydrogen-bond donors (Lipinski definition) is 1. The number of carbonyl (C=O) groups excluding carboxylic acids is 1. The van der Waals surface area contributed by atoms with Crippen molar-refractivity contribution in [1.82, 2.24) is 14.9 Å². The second-order valence-electron chi connectivity index (χ2n) is 6.98. The number of amides is 1. The first-order valence-electron chi connectivity index (χ1n) is 9.45. The Morgan fingerprint density at radius 2 is 2.14 bits per heavy atom. The van der Waals surface area contributed by atoms with Crippen molar-refractivity contribution in [3.63, 3.8) is 0 Å². The van der Waals surface area contributed by atoms with Crippen LogP contribution in [0.2, 0.25) is 0 Å². The predicted octanol–water partition coefficient (Wildman–Crippen LogP) is 3.47. The molecule has 6 nitrogen and oxygen atoms in total. The number of benzene rings is 1. The van der Waals surface area contributed by atoms with Crippen molar-refractivity contribution < 1.29 is 18.7 Å². The monoisotopic (exact) mass is 395 g/mol. The van der Waals surface area contributed by atoms with Crippen LogP contribution in [0.15, 0.2) is 42.6 Å². The topological polar surface area (TPSA) is 65.4 Å². The molecule has 1 N–H and O–H groups in total. The number of nitrogens with zero attached hydrogens (tertiary/aromatic N) is 2. The van der Waals surface area contributed by atoms with Gasteiger partial charge in [-0.3, -0.25) is 4.79 Å². The van der Waals surface area contributed by atoms with Crippen molar-refractivity contribution >= 4 is 5.91 Å². The minimum atomic E-state index is -0.335. The summed E-state index contributed by atoms with van der Waals surface area (Å²) in [6, 6.07) is 10.4. The van der Waals surface area contributed by atoms with Gasteiger partial charge in [0.1, 0.15) is 17.4 Å². The second kappa shape index (κ2) is 8.05. The molecule has 0 saturated heterocycles. The van der Waals surface area contributed by atoms with Gasteiger partial charge in [0.15, 0.2) is 6.79 Å². The highest BCUT2D eigenvalue weighted by molar-refractivity contribution is 5.95. The highest BCUT2D eigenvalue weighted by atomic mass is 19.1. The van der Waals surface area contributed by atoms with Crippen LogP contribution in [-0.2, 0) is 17.8 Å². The SMILES string of the molecule is Cc1cc(C(=O)NCCc2cc(F)cc3c2OCOC3)c(C)n1-c1ccccn1. The molecule has 0 fully saturated rings. The van der Waals surface area contributed by atoms with Gasteiger partial charge in [0.25, 0.3) is 5.91 Å². The largest absolute Gasteiger partial charge is 0.467 e. The fraction of sp³-hybridized carbons (Fsp3) is 0.273. The zero-order valence-corrected chi connectivity index (χ0v) is 16.4. The van der Waals surface area contributed by atoms with Crippen LogP contribution in [0.3, 0.4) is 0 Å². The van der Waals surface area contributed by atoms with Crippen LogP contribution in [0.4, 0.5) is 4.39 Å². The lowest BCUT2D eigenvalue weighted by Crippen LogP contribution is -2.26. The van der Waals surface area contributed by atoms with Gasteiger partial charge in [0.2, 0.25) is 0 Å². The van der Waals surface area contributed by atoms with Gasteiger partial charge >= 0.3 is 0 Å². The zero-order chi connectivity index (χ0) is 20.4. The normalized spacial score (nSPS) is 12.9. The molecule has 1 aliphatic heterocycles.